The first kappa shape index (κ1) is 15.0. The first-order valence-corrected chi connectivity index (χ1v) is 7.99. The van der Waals surface area contributed by atoms with E-state index in [0.29, 0.717) is 11.8 Å². The van der Waals surface area contributed by atoms with Crippen LogP contribution in [0.5, 0.6) is 0 Å². The van der Waals surface area contributed by atoms with Gasteiger partial charge in [-0.25, -0.2) is 8.42 Å². The molecule has 1 atom stereocenters. The molecule has 1 aromatic carbocycles. The maximum atomic E-state index is 11.4. The fourth-order valence-electron chi connectivity index (χ4n) is 2.08. The van der Waals surface area contributed by atoms with Crippen molar-refractivity contribution in [2.45, 2.75) is 38.9 Å². The standard InChI is InChI=1S/C15H22O2S/c1-5-18(16,17)11-14-6-8-15(9-7-14)13(4)10-12(2)3/h5-9,12-13H,1,10-11H2,2-4H3. The molecule has 0 aliphatic heterocycles. The van der Waals surface area contributed by atoms with E-state index >= 15 is 0 Å². The van der Waals surface area contributed by atoms with Crippen molar-refractivity contribution >= 4 is 9.84 Å². The molecule has 0 heterocycles. The van der Waals surface area contributed by atoms with Gasteiger partial charge in [-0.05, 0) is 29.4 Å². The molecule has 3 heteroatoms. The molecule has 1 aromatic rings. The van der Waals surface area contributed by atoms with Crippen molar-refractivity contribution in [1.82, 2.24) is 0 Å². The number of hydrogen-bond donors (Lipinski definition) is 0. The maximum Gasteiger partial charge on any atom is 0.175 e. The zero-order chi connectivity index (χ0) is 13.8. The summed E-state index contributed by atoms with van der Waals surface area (Å²) in [5.74, 6) is 1.21. The molecule has 18 heavy (non-hydrogen) atoms. The first-order chi connectivity index (χ1) is 8.34. The Hall–Kier alpha value is -1.09. The number of benzene rings is 1. The lowest BCUT2D eigenvalue weighted by Gasteiger charge is -2.14. The molecule has 2 nitrogen and oxygen atoms in total. The average molecular weight is 266 g/mol. The summed E-state index contributed by atoms with van der Waals surface area (Å²) in [7, 11) is -3.16. The summed E-state index contributed by atoms with van der Waals surface area (Å²) in [5, 5.41) is 1.02. The van der Waals surface area contributed by atoms with E-state index in [1.807, 2.05) is 24.3 Å². The van der Waals surface area contributed by atoms with Crippen LogP contribution in [0.15, 0.2) is 36.3 Å². The summed E-state index contributed by atoms with van der Waals surface area (Å²) >= 11 is 0. The largest absolute Gasteiger partial charge is 0.224 e. The second-order valence-electron chi connectivity index (χ2n) is 5.25. The molecule has 0 spiro atoms. The minimum Gasteiger partial charge on any atom is -0.224 e. The Labute approximate surface area is 111 Å². The Morgan fingerprint density at radius 1 is 1.17 bits per heavy atom. The van der Waals surface area contributed by atoms with Crippen molar-refractivity contribution in [3.63, 3.8) is 0 Å². The van der Waals surface area contributed by atoms with Crippen LogP contribution in [0.25, 0.3) is 0 Å². The van der Waals surface area contributed by atoms with E-state index < -0.39 is 9.84 Å². The minimum absolute atomic E-state index is 0.0370. The smallest absolute Gasteiger partial charge is 0.175 e. The van der Waals surface area contributed by atoms with Gasteiger partial charge in [-0.2, -0.15) is 0 Å². The van der Waals surface area contributed by atoms with Gasteiger partial charge < -0.3 is 0 Å². The number of sulfone groups is 1. The molecule has 0 saturated heterocycles. The molecule has 0 saturated carbocycles. The Kier molecular flexibility index (Phi) is 5.15. The van der Waals surface area contributed by atoms with Crippen molar-refractivity contribution in [3.8, 4) is 0 Å². The van der Waals surface area contributed by atoms with Gasteiger partial charge in [0.25, 0.3) is 0 Å². The van der Waals surface area contributed by atoms with Crippen LogP contribution in [0.1, 0.15) is 44.2 Å². The van der Waals surface area contributed by atoms with E-state index in [1.165, 1.54) is 5.56 Å². The van der Waals surface area contributed by atoms with E-state index in [4.69, 9.17) is 0 Å². The highest BCUT2D eigenvalue weighted by atomic mass is 32.2. The predicted molar refractivity (Wildman–Crippen MR) is 77.1 cm³/mol. The Morgan fingerprint density at radius 2 is 1.72 bits per heavy atom. The van der Waals surface area contributed by atoms with Gasteiger partial charge in [-0.3, -0.25) is 0 Å². The molecule has 0 aliphatic carbocycles. The summed E-state index contributed by atoms with van der Waals surface area (Å²) in [4.78, 5) is 0. The highest BCUT2D eigenvalue weighted by Gasteiger charge is 2.10. The van der Waals surface area contributed by atoms with Crippen LogP contribution in [-0.4, -0.2) is 8.42 Å². The van der Waals surface area contributed by atoms with Crippen LogP contribution in [0.2, 0.25) is 0 Å². The fourth-order valence-corrected chi connectivity index (χ4v) is 2.85. The monoisotopic (exact) mass is 266 g/mol. The van der Waals surface area contributed by atoms with Crippen molar-refractivity contribution in [3.05, 3.63) is 47.4 Å². The van der Waals surface area contributed by atoms with Gasteiger partial charge in [0.15, 0.2) is 9.84 Å². The highest BCUT2D eigenvalue weighted by Crippen LogP contribution is 2.23. The quantitative estimate of drug-likeness (QED) is 0.782. The summed E-state index contributed by atoms with van der Waals surface area (Å²) in [6.07, 6.45) is 1.14. The van der Waals surface area contributed by atoms with E-state index in [9.17, 15) is 8.42 Å². The predicted octanol–water partition coefficient (Wildman–Crippen LogP) is 3.89. The fraction of sp³-hybridized carbons (Fsp3) is 0.467. The Morgan fingerprint density at radius 3 is 2.17 bits per heavy atom. The van der Waals surface area contributed by atoms with Gasteiger partial charge >= 0.3 is 0 Å². The van der Waals surface area contributed by atoms with Crippen LogP contribution in [0, 0.1) is 5.92 Å². The Balaban J connectivity index is 2.77. The summed E-state index contributed by atoms with van der Waals surface area (Å²) in [5.41, 5.74) is 2.08. The third-order valence-corrected chi connectivity index (χ3v) is 4.24. The molecule has 0 amide bonds. The lowest BCUT2D eigenvalue weighted by molar-refractivity contribution is 0.523. The van der Waals surface area contributed by atoms with Crippen LogP contribution in [-0.2, 0) is 15.6 Å². The topological polar surface area (TPSA) is 34.1 Å². The zero-order valence-electron chi connectivity index (χ0n) is 11.4. The van der Waals surface area contributed by atoms with Crippen molar-refractivity contribution in [2.75, 3.05) is 0 Å². The van der Waals surface area contributed by atoms with Crippen LogP contribution >= 0.6 is 0 Å². The summed E-state index contributed by atoms with van der Waals surface area (Å²) in [6.45, 7) is 9.94. The lowest BCUT2D eigenvalue weighted by atomic mass is 9.92. The second kappa shape index (κ2) is 6.19. The molecule has 0 fully saturated rings. The maximum absolute atomic E-state index is 11.4. The molecule has 100 valence electrons. The van der Waals surface area contributed by atoms with Crippen LogP contribution in [0.3, 0.4) is 0 Å². The summed E-state index contributed by atoms with van der Waals surface area (Å²) in [6, 6.07) is 7.85. The molecule has 0 aliphatic rings. The lowest BCUT2D eigenvalue weighted by Crippen LogP contribution is -2.01. The normalized spacial score (nSPS) is 13.6. The second-order valence-corrected chi connectivity index (χ2v) is 7.19. The van der Waals surface area contributed by atoms with Gasteiger partial charge in [0.05, 0.1) is 5.75 Å². The van der Waals surface area contributed by atoms with Crippen molar-refractivity contribution in [1.29, 1.82) is 0 Å². The van der Waals surface area contributed by atoms with Gasteiger partial charge in [0, 0.05) is 5.41 Å². The third-order valence-electron chi connectivity index (χ3n) is 3.00. The van der Waals surface area contributed by atoms with Gasteiger partial charge in [0.2, 0.25) is 0 Å². The van der Waals surface area contributed by atoms with E-state index in [1.54, 1.807) is 0 Å². The molecule has 0 bridgehead atoms. The van der Waals surface area contributed by atoms with Crippen molar-refractivity contribution in [2.24, 2.45) is 5.92 Å². The number of rotatable bonds is 6. The minimum atomic E-state index is -3.16. The third kappa shape index (κ3) is 4.65. The molecule has 0 aromatic heterocycles. The van der Waals surface area contributed by atoms with Gasteiger partial charge in [0.1, 0.15) is 0 Å². The molecular weight excluding hydrogens is 244 g/mol. The van der Waals surface area contributed by atoms with Crippen LogP contribution < -0.4 is 0 Å². The van der Waals surface area contributed by atoms with E-state index in [0.717, 1.165) is 17.4 Å². The van der Waals surface area contributed by atoms with E-state index in [-0.39, 0.29) is 5.75 Å². The summed E-state index contributed by atoms with van der Waals surface area (Å²) < 4.78 is 22.8. The highest BCUT2D eigenvalue weighted by molar-refractivity contribution is 7.93. The van der Waals surface area contributed by atoms with Gasteiger partial charge in [-0.1, -0.05) is 51.6 Å². The molecule has 0 N–H and O–H groups in total. The van der Waals surface area contributed by atoms with E-state index in [2.05, 4.69) is 27.4 Å². The van der Waals surface area contributed by atoms with Crippen molar-refractivity contribution < 1.29 is 8.42 Å². The molecule has 0 radical (unpaired) electrons. The molecule has 1 unspecified atom stereocenters. The zero-order valence-corrected chi connectivity index (χ0v) is 12.2. The van der Waals surface area contributed by atoms with Crippen LogP contribution in [0.4, 0.5) is 0 Å². The van der Waals surface area contributed by atoms with Gasteiger partial charge in [-0.15, -0.1) is 0 Å². The molecular formula is C15H22O2S. The SMILES string of the molecule is C=CS(=O)(=O)Cc1ccc(C(C)CC(C)C)cc1. The number of hydrogen-bond acceptors (Lipinski definition) is 2. The average Bonchev–Trinajstić information content (AvgIpc) is 2.28. The first-order valence-electron chi connectivity index (χ1n) is 6.28. The molecule has 1 rings (SSSR count). The Bertz CT molecular complexity index is 484.